The van der Waals surface area contributed by atoms with E-state index < -0.39 is 4.92 Å². The molecule has 0 spiro atoms. The SMILES string of the molecule is O=C(COc1ccc([N+](=O)[O-])cc1Cl)N(Cc1cccs1)c1ccc2c(c1)OCCO2. The third-order valence-corrected chi connectivity index (χ3v) is 5.67. The molecule has 0 radical (unpaired) electrons. The van der Waals surface area contributed by atoms with Crippen LogP contribution in [0, 0.1) is 10.1 Å². The molecule has 3 aromatic rings. The number of thiophene rings is 1. The summed E-state index contributed by atoms with van der Waals surface area (Å²) in [6.45, 7) is 0.982. The molecule has 0 saturated heterocycles. The van der Waals surface area contributed by atoms with Gasteiger partial charge in [-0.1, -0.05) is 17.7 Å². The monoisotopic (exact) mass is 460 g/mol. The summed E-state index contributed by atoms with van der Waals surface area (Å²) < 4.78 is 16.8. The van der Waals surface area contributed by atoms with Crippen LogP contribution in [-0.2, 0) is 11.3 Å². The fourth-order valence-electron chi connectivity index (χ4n) is 3.02. The number of halogens is 1. The molecule has 2 heterocycles. The van der Waals surface area contributed by atoms with Crippen molar-refractivity contribution < 1.29 is 23.9 Å². The molecule has 160 valence electrons. The first-order valence-electron chi connectivity index (χ1n) is 9.30. The minimum atomic E-state index is -0.550. The van der Waals surface area contributed by atoms with Crippen LogP contribution >= 0.6 is 22.9 Å². The first-order chi connectivity index (χ1) is 15.0. The average molecular weight is 461 g/mol. The van der Waals surface area contributed by atoms with Crippen LogP contribution in [0.4, 0.5) is 11.4 Å². The number of nitro benzene ring substituents is 1. The van der Waals surface area contributed by atoms with Crippen molar-refractivity contribution in [2.45, 2.75) is 6.54 Å². The zero-order chi connectivity index (χ0) is 21.8. The van der Waals surface area contributed by atoms with E-state index in [4.69, 9.17) is 25.8 Å². The second kappa shape index (κ2) is 9.23. The molecule has 2 aromatic carbocycles. The maximum absolute atomic E-state index is 13.1. The third kappa shape index (κ3) is 4.89. The van der Waals surface area contributed by atoms with Crippen molar-refractivity contribution in [1.82, 2.24) is 0 Å². The van der Waals surface area contributed by atoms with Gasteiger partial charge in [0.2, 0.25) is 0 Å². The van der Waals surface area contributed by atoms with Crippen LogP contribution in [0.2, 0.25) is 5.02 Å². The summed E-state index contributed by atoms with van der Waals surface area (Å²) in [6, 6.07) is 13.0. The Hall–Kier alpha value is -3.30. The van der Waals surface area contributed by atoms with Gasteiger partial charge in [-0.15, -0.1) is 11.3 Å². The Morgan fingerprint density at radius 3 is 2.68 bits per heavy atom. The molecule has 1 aliphatic heterocycles. The number of benzene rings is 2. The highest BCUT2D eigenvalue weighted by Crippen LogP contribution is 2.35. The quantitative estimate of drug-likeness (QED) is 0.375. The number of amides is 1. The van der Waals surface area contributed by atoms with Gasteiger partial charge in [-0.25, -0.2) is 0 Å². The fraction of sp³-hybridized carbons (Fsp3) is 0.190. The second-order valence-electron chi connectivity index (χ2n) is 6.55. The Kier molecular flexibility index (Phi) is 6.24. The summed E-state index contributed by atoms with van der Waals surface area (Å²) in [5.74, 6) is 1.10. The molecule has 0 N–H and O–H groups in total. The molecule has 4 rings (SSSR count). The van der Waals surface area contributed by atoms with Crippen molar-refractivity contribution in [2.24, 2.45) is 0 Å². The van der Waals surface area contributed by atoms with Crippen LogP contribution < -0.4 is 19.1 Å². The Morgan fingerprint density at radius 1 is 1.16 bits per heavy atom. The number of hydrogen-bond acceptors (Lipinski definition) is 7. The molecule has 31 heavy (non-hydrogen) atoms. The summed E-state index contributed by atoms with van der Waals surface area (Å²) >= 11 is 7.60. The third-order valence-electron chi connectivity index (χ3n) is 4.51. The summed E-state index contributed by atoms with van der Waals surface area (Å²) in [5.41, 5.74) is 0.486. The van der Waals surface area contributed by atoms with Gasteiger partial charge in [0.05, 0.1) is 16.5 Å². The highest BCUT2D eigenvalue weighted by molar-refractivity contribution is 7.09. The minimum Gasteiger partial charge on any atom is -0.486 e. The molecule has 0 atom stereocenters. The first-order valence-corrected chi connectivity index (χ1v) is 10.6. The topological polar surface area (TPSA) is 91.1 Å². The molecule has 1 amide bonds. The van der Waals surface area contributed by atoms with Crippen molar-refractivity contribution >= 4 is 40.2 Å². The van der Waals surface area contributed by atoms with E-state index in [2.05, 4.69) is 0 Å². The molecule has 8 nitrogen and oxygen atoms in total. The zero-order valence-corrected chi connectivity index (χ0v) is 17.7. The predicted molar refractivity (Wildman–Crippen MR) is 117 cm³/mol. The zero-order valence-electron chi connectivity index (χ0n) is 16.2. The molecule has 0 unspecified atom stereocenters. The molecular formula is C21H17ClN2O6S. The largest absolute Gasteiger partial charge is 0.486 e. The number of carbonyl (C=O) groups excluding carboxylic acids is 1. The van der Waals surface area contributed by atoms with E-state index in [0.29, 0.717) is 36.9 Å². The van der Waals surface area contributed by atoms with E-state index in [1.807, 2.05) is 17.5 Å². The molecule has 0 bridgehead atoms. The smallest absolute Gasteiger partial charge is 0.271 e. The van der Waals surface area contributed by atoms with Crippen molar-refractivity contribution in [3.05, 3.63) is 73.9 Å². The Balaban J connectivity index is 1.54. The molecule has 0 fully saturated rings. The van der Waals surface area contributed by atoms with Crippen LogP contribution in [0.3, 0.4) is 0 Å². The van der Waals surface area contributed by atoms with E-state index in [1.165, 1.54) is 29.5 Å². The van der Waals surface area contributed by atoms with Gasteiger partial charge in [-0.2, -0.15) is 0 Å². The van der Waals surface area contributed by atoms with Crippen molar-refractivity contribution in [2.75, 3.05) is 24.7 Å². The van der Waals surface area contributed by atoms with Crippen molar-refractivity contribution in [1.29, 1.82) is 0 Å². The lowest BCUT2D eigenvalue weighted by atomic mass is 10.2. The van der Waals surface area contributed by atoms with Crippen LogP contribution in [0.1, 0.15) is 4.88 Å². The van der Waals surface area contributed by atoms with Gasteiger partial charge in [0.1, 0.15) is 19.0 Å². The number of anilines is 1. The molecular weight excluding hydrogens is 444 g/mol. The molecule has 0 aliphatic carbocycles. The van der Waals surface area contributed by atoms with E-state index >= 15 is 0 Å². The summed E-state index contributed by atoms with van der Waals surface area (Å²) in [6.07, 6.45) is 0. The number of nitro groups is 1. The van der Waals surface area contributed by atoms with Gasteiger partial charge in [-0.3, -0.25) is 14.9 Å². The number of nitrogens with zero attached hydrogens (tertiary/aromatic N) is 2. The van der Waals surface area contributed by atoms with Crippen LogP contribution in [0.5, 0.6) is 17.2 Å². The highest BCUT2D eigenvalue weighted by Gasteiger charge is 2.21. The van der Waals surface area contributed by atoms with Crippen molar-refractivity contribution in [3.63, 3.8) is 0 Å². The van der Waals surface area contributed by atoms with Gasteiger partial charge in [0, 0.05) is 28.8 Å². The highest BCUT2D eigenvalue weighted by atomic mass is 35.5. The maximum atomic E-state index is 13.1. The number of rotatable bonds is 7. The first kappa shape index (κ1) is 21.0. The standard InChI is InChI=1S/C21H17ClN2O6S/c22-17-10-15(24(26)27)4-5-18(17)30-13-21(25)23(12-16-2-1-9-31-16)14-3-6-19-20(11-14)29-8-7-28-19/h1-6,9-11H,7-8,12-13H2. The number of hydrogen-bond donors (Lipinski definition) is 0. The molecule has 1 aliphatic rings. The predicted octanol–water partition coefficient (Wildman–Crippen LogP) is 4.69. The molecule has 1 aromatic heterocycles. The second-order valence-corrected chi connectivity index (χ2v) is 7.99. The van der Waals surface area contributed by atoms with Gasteiger partial charge in [0.15, 0.2) is 18.1 Å². The van der Waals surface area contributed by atoms with E-state index in [1.54, 1.807) is 23.1 Å². The normalized spacial score (nSPS) is 12.3. The molecule has 0 saturated carbocycles. The minimum absolute atomic E-state index is 0.0612. The van der Waals surface area contributed by atoms with E-state index in [-0.39, 0.29) is 29.0 Å². The lowest BCUT2D eigenvalue weighted by molar-refractivity contribution is -0.384. The van der Waals surface area contributed by atoms with Gasteiger partial charge in [-0.05, 0) is 29.6 Å². The number of fused-ring (bicyclic) bond motifs is 1. The van der Waals surface area contributed by atoms with Crippen LogP contribution in [0.25, 0.3) is 0 Å². The number of non-ortho nitro benzene ring substituents is 1. The van der Waals surface area contributed by atoms with Gasteiger partial charge >= 0.3 is 0 Å². The van der Waals surface area contributed by atoms with E-state index in [9.17, 15) is 14.9 Å². The van der Waals surface area contributed by atoms with Crippen LogP contribution in [-0.4, -0.2) is 30.7 Å². The summed E-state index contributed by atoms with van der Waals surface area (Å²) in [7, 11) is 0. The van der Waals surface area contributed by atoms with E-state index in [0.717, 1.165) is 4.88 Å². The number of ether oxygens (including phenoxy) is 3. The average Bonchev–Trinajstić information content (AvgIpc) is 3.29. The maximum Gasteiger partial charge on any atom is 0.271 e. The summed E-state index contributed by atoms with van der Waals surface area (Å²) in [4.78, 5) is 26.0. The number of carbonyl (C=O) groups is 1. The van der Waals surface area contributed by atoms with Gasteiger partial charge < -0.3 is 19.1 Å². The molecule has 10 heteroatoms. The Morgan fingerprint density at radius 2 is 1.97 bits per heavy atom. The Bertz CT molecular complexity index is 1110. The van der Waals surface area contributed by atoms with Crippen molar-refractivity contribution in [3.8, 4) is 17.2 Å². The lowest BCUT2D eigenvalue weighted by Crippen LogP contribution is -2.34. The lowest BCUT2D eigenvalue weighted by Gasteiger charge is -2.25. The fourth-order valence-corrected chi connectivity index (χ4v) is 3.94. The Labute approximate surface area is 186 Å². The van der Waals surface area contributed by atoms with Crippen LogP contribution in [0.15, 0.2) is 53.9 Å². The summed E-state index contributed by atoms with van der Waals surface area (Å²) in [5, 5.41) is 12.9. The van der Waals surface area contributed by atoms with Gasteiger partial charge in [0.25, 0.3) is 11.6 Å².